The molecule has 0 rings (SSSR count). The summed E-state index contributed by atoms with van der Waals surface area (Å²) in [5.41, 5.74) is 0. The molecule has 0 aliphatic heterocycles. The smallest absolute Gasteiger partial charge is 0.00387 e. The largest absolute Gasteiger partial charge is 0.314 e. The van der Waals surface area contributed by atoms with Crippen LogP contribution in [-0.4, -0.2) is 24.6 Å². The Hall–Kier alpha value is 0.310. The molecule has 0 fully saturated rings. The summed E-state index contributed by atoms with van der Waals surface area (Å²) in [6, 6.07) is 0.707. The summed E-state index contributed by atoms with van der Waals surface area (Å²) in [7, 11) is 0. The van der Waals surface area contributed by atoms with Gasteiger partial charge >= 0.3 is 0 Å². The van der Waals surface area contributed by atoms with Gasteiger partial charge in [0.15, 0.2) is 0 Å². The summed E-state index contributed by atoms with van der Waals surface area (Å²) in [5.74, 6) is 2.17. The molecule has 92 valence electrons. The standard InChI is InChI=1S/C13H29NS/c1-12(2)8-7-9-13(3)14-10-5-6-11-15-4/h12-14H,5-11H2,1-4H3. The van der Waals surface area contributed by atoms with Crippen LogP contribution in [0.3, 0.4) is 0 Å². The molecular formula is C13H29NS. The first kappa shape index (κ1) is 15.3. The van der Waals surface area contributed by atoms with Crippen LogP contribution in [0.1, 0.15) is 52.9 Å². The second-order valence-electron chi connectivity index (χ2n) is 4.88. The SMILES string of the molecule is CSCCCCNC(C)CCCC(C)C. The van der Waals surface area contributed by atoms with Gasteiger partial charge in [-0.05, 0) is 50.7 Å². The van der Waals surface area contributed by atoms with Crippen LogP contribution in [-0.2, 0) is 0 Å². The van der Waals surface area contributed by atoms with Crippen LogP contribution in [0.25, 0.3) is 0 Å². The minimum Gasteiger partial charge on any atom is -0.314 e. The number of rotatable bonds is 10. The highest BCUT2D eigenvalue weighted by molar-refractivity contribution is 7.98. The van der Waals surface area contributed by atoms with Gasteiger partial charge in [-0.3, -0.25) is 0 Å². The van der Waals surface area contributed by atoms with Crippen molar-refractivity contribution in [1.82, 2.24) is 5.32 Å². The maximum absolute atomic E-state index is 3.61. The van der Waals surface area contributed by atoms with Crippen molar-refractivity contribution in [3.05, 3.63) is 0 Å². The Bertz CT molecular complexity index is 126. The van der Waals surface area contributed by atoms with E-state index in [1.54, 1.807) is 0 Å². The molecular weight excluding hydrogens is 202 g/mol. The molecule has 0 aromatic carbocycles. The van der Waals surface area contributed by atoms with E-state index >= 15 is 0 Å². The molecule has 1 unspecified atom stereocenters. The Morgan fingerprint density at radius 1 is 1.00 bits per heavy atom. The summed E-state index contributed by atoms with van der Waals surface area (Å²) >= 11 is 1.95. The molecule has 0 saturated carbocycles. The molecule has 0 heterocycles. The highest BCUT2D eigenvalue weighted by Crippen LogP contribution is 2.08. The average molecular weight is 231 g/mol. The summed E-state index contributed by atoms with van der Waals surface area (Å²) in [4.78, 5) is 0. The quantitative estimate of drug-likeness (QED) is 0.572. The minimum absolute atomic E-state index is 0.707. The zero-order valence-electron chi connectivity index (χ0n) is 11.0. The molecule has 0 saturated heterocycles. The van der Waals surface area contributed by atoms with Crippen LogP contribution in [0.5, 0.6) is 0 Å². The molecule has 0 spiro atoms. The Morgan fingerprint density at radius 2 is 1.73 bits per heavy atom. The lowest BCUT2D eigenvalue weighted by Gasteiger charge is -2.14. The Morgan fingerprint density at radius 3 is 2.33 bits per heavy atom. The number of unbranched alkanes of at least 4 members (excludes halogenated alkanes) is 1. The van der Waals surface area contributed by atoms with E-state index in [4.69, 9.17) is 0 Å². The molecule has 0 aromatic rings. The van der Waals surface area contributed by atoms with Crippen LogP contribution in [0.4, 0.5) is 0 Å². The van der Waals surface area contributed by atoms with E-state index in [9.17, 15) is 0 Å². The average Bonchev–Trinajstić information content (AvgIpc) is 2.17. The van der Waals surface area contributed by atoms with Crippen molar-refractivity contribution in [2.75, 3.05) is 18.6 Å². The third kappa shape index (κ3) is 12.2. The fourth-order valence-electron chi connectivity index (χ4n) is 1.65. The van der Waals surface area contributed by atoms with Gasteiger partial charge in [-0.25, -0.2) is 0 Å². The van der Waals surface area contributed by atoms with Crippen LogP contribution >= 0.6 is 11.8 Å². The predicted octanol–water partition coefficient (Wildman–Crippen LogP) is 3.93. The maximum atomic E-state index is 3.61. The van der Waals surface area contributed by atoms with E-state index in [1.165, 1.54) is 44.4 Å². The zero-order valence-corrected chi connectivity index (χ0v) is 11.8. The van der Waals surface area contributed by atoms with Crippen molar-refractivity contribution in [1.29, 1.82) is 0 Å². The minimum atomic E-state index is 0.707. The molecule has 15 heavy (non-hydrogen) atoms. The van der Waals surface area contributed by atoms with Crippen LogP contribution < -0.4 is 5.32 Å². The van der Waals surface area contributed by atoms with Gasteiger partial charge in [-0.1, -0.05) is 26.7 Å². The first-order valence-electron chi connectivity index (χ1n) is 6.39. The van der Waals surface area contributed by atoms with Crippen molar-refractivity contribution in [3.63, 3.8) is 0 Å². The van der Waals surface area contributed by atoms with Crippen LogP contribution in [0, 0.1) is 5.92 Å². The van der Waals surface area contributed by atoms with E-state index in [1.807, 2.05) is 11.8 Å². The third-order valence-corrected chi connectivity index (χ3v) is 3.38. The van der Waals surface area contributed by atoms with Crippen LogP contribution in [0.15, 0.2) is 0 Å². The molecule has 0 amide bonds. The Balaban J connectivity index is 3.15. The molecule has 0 aliphatic rings. The number of hydrogen-bond donors (Lipinski definition) is 1. The van der Waals surface area contributed by atoms with Gasteiger partial charge in [-0.15, -0.1) is 0 Å². The van der Waals surface area contributed by atoms with Crippen molar-refractivity contribution in [2.45, 2.75) is 58.9 Å². The van der Waals surface area contributed by atoms with Crippen molar-refractivity contribution >= 4 is 11.8 Å². The summed E-state index contributed by atoms with van der Waals surface area (Å²) < 4.78 is 0. The van der Waals surface area contributed by atoms with Gasteiger partial charge in [0.25, 0.3) is 0 Å². The molecule has 0 radical (unpaired) electrons. The predicted molar refractivity (Wildman–Crippen MR) is 73.8 cm³/mol. The van der Waals surface area contributed by atoms with Crippen LogP contribution in [0.2, 0.25) is 0 Å². The number of nitrogens with one attached hydrogen (secondary N) is 1. The first-order valence-corrected chi connectivity index (χ1v) is 7.78. The fourth-order valence-corrected chi connectivity index (χ4v) is 2.15. The monoisotopic (exact) mass is 231 g/mol. The second-order valence-corrected chi connectivity index (χ2v) is 5.87. The van der Waals surface area contributed by atoms with E-state index in [-0.39, 0.29) is 0 Å². The molecule has 0 aromatic heterocycles. The fraction of sp³-hybridized carbons (Fsp3) is 1.00. The molecule has 2 heteroatoms. The van der Waals surface area contributed by atoms with Crippen molar-refractivity contribution in [3.8, 4) is 0 Å². The first-order chi connectivity index (χ1) is 7.16. The van der Waals surface area contributed by atoms with Gasteiger partial charge in [-0.2, -0.15) is 11.8 Å². The lowest BCUT2D eigenvalue weighted by Crippen LogP contribution is -2.27. The van der Waals surface area contributed by atoms with Gasteiger partial charge < -0.3 is 5.32 Å². The maximum Gasteiger partial charge on any atom is 0.00387 e. The summed E-state index contributed by atoms with van der Waals surface area (Å²) in [6.45, 7) is 8.12. The lowest BCUT2D eigenvalue weighted by molar-refractivity contribution is 0.454. The van der Waals surface area contributed by atoms with Gasteiger partial charge in [0.05, 0.1) is 0 Å². The van der Waals surface area contributed by atoms with E-state index in [0.29, 0.717) is 6.04 Å². The van der Waals surface area contributed by atoms with Crippen molar-refractivity contribution < 1.29 is 0 Å². The Labute approximate surface area is 101 Å². The molecule has 1 N–H and O–H groups in total. The molecule has 1 atom stereocenters. The van der Waals surface area contributed by atoms with Gasteiger partial charge in [0.1, 0.15) is 0 Å². The lowest BCUT2D eigenvalue weighted by atomic mass is 10.0. The van der Waals surface area contributed by atoms with E-state index < -0.39 is 0 Å². The molecule has 0 aliphatic carbocycles. The summed E-state index contributed by atoms with van der Waals surface area (Å²) in [6.07, 6.45) is 8.94. The normalized spacial score (nSPS) is 13.4. The summed E-state index contributed by atoms with van der Waals surface area (Å²) in [5, 5.41) is 3.61. The van der Waals surface area contributed by atoms with Crippen molar-refractivity contribution in [2.24, 2.45) is 5.92 Å². The highest BCUT2D eigenvalue weighted by atomic mass is 32.2. The van der Waals surface area contributed by atoms with E-state index in [2.05, 4.69) is 32.3 Å². The number of hydrogen-bond acceptors (Lipinski definition) is 2. The number of thioether (sulfide) groups is 1. The van der Waals surface area contributed by atoms with E-state index in [0.717, 1.165) is 5.92 Å². The second kappa shape index (κ2) is 10.8. The highest BCUT2D eigenvalue weighted by Gasteiger charge is 2.01. The zero-order chi connectivity index (χ0) is 11.5. The van der Waals surface area contributed by atoms with Gasteiger partial charge in [0, 0.05) is 6.04 Å². The third-order valence-electron chi connectivity index (χ3n) is 2.69. The molecule has 0 bridgehead atoms. The Kier molecular flexibility index (Phi) is 11.0. The topological polar surface area (TPSA) is 12.0 Å². The molecule has 1 nitrogen and oxygen atoms in total. The van der Waals surface area contributed by atoms with Gasteiger partial charge in [0.2, 0.25) is 0 Å².